The highest BCUT2D eigenvalue weighted by atomic mass is 15.2. The normalized spacial score (nSPS) is 9.81. The SMILES string of the molecule is Cc1[nH]nc(-c2cnccn2)c1CN=[N+]=[N-]. The van der Waals surface area contributed by atoms with Crippen LogP contribution in [-0.4, -0.2) is 20.2 Å². The minimum absolute atomic E-state index is 0.255. The minimum Gasteiger partial charge on any atom is -0.282 e. The highest BCUT2D eigenvalue weighted by molar-refractivity contribution is 5.58. The molecule has 0 spiro atoms. The lowest BCUT2D eigenvalue weighted by Crippen LogP contribution is -1.90. The second kappa shape index (κ2) is 4.41. The van der Waals surface area contributed by atoms with Gasteiger partial charge in [-0.25, -0.2) is 0 Å². The number of aromatic amines is 1. The van der Waals surface area contributed by atoms with Crippen molar-refractivity contribution in [1.29, 1.82) is 0 Å². The molecule has 0 aromatic carbocycles. The Bertz CT molecular complexity index is 524. The minimum atomic E-state index is 0.255. The van der Waals surface area contributed by atoms with Crippen LogP contribution < -0.4 is 0 Å². The molecule has 0 aliphatic carbocycles. The number of aryl methyl sites for hydroxylation is 1. The molecule has 0 atom stereocenters. The molecule has 0 saturated heterocycles. The maximum Gasteiger partial charge on any atom is 0.116 e. The molecule has 0 bridgehead atoms. The summed E-state index contributed by atoms with van der Waals surface area (Å²) in [7, 11) is 0. The van der Waals surface area contributed by atoms with Gasteiger partial charge < -0.3 is 0 Å². The summed E-state index contributed by atoms with van der Waals surface area (Å²) in [6.07, 6.45) is 4.81. The third-order valence-electron chi connectivity index (χ3n) is 2.17. The molecule has 0 aliphatic heterocycles. The predicted molar refractivity (Wildman–Crippen MR) is 57.2 cm³/mol. The number of nitrogens with zero attached hydrogens (tertiary/aromatic N) is 6. The van der Waals surface area contributed by atoms with E-state index in [1.54, 1.807) is 18.6 Å². The lowest BCUT2D eigenvalue weighted by atomic mass is 10.1. The first-order valence-corrected chi connectivity index (χ1v) is 4.64. The summed E-state index contributed by atoms with van der Waals surface area (Å²) in [5.74, 6) is 0. The number of hydrogen-bond acceptors (Lipinski definition) is 4. The topological polar surface area (TPSA) is 103 Å². The maximum atomic E-state index is 8.32. The molecule has 2 aromatic rings. The number of nitrogens with one attached hydrogen (secondary N) is 1. The zero-order valence-electron chi connectivity index (χ0n) is 8.62. The van der Waals surface area contributed by atoms with Crippen LogP contribution in [0.1, 0.15) is 11.3 Å². The first-order chi connectivity index (χ1) is 7.83. The van der Waals surface area contributed by atoms with Crippen LogP contribution in [0.25, 0.3) is 21.8 Å². The van der Waals surface area contributed by atoms with Crippen LogP contribution in [0.15, 0.2) is 23.7 Å². The van der Waals surface area contributed by atoms with Crippen molar-refractivity contribution in [3.63, 3.8) is 0 Å². The van der Waals surface area contributed by atoms with Gasteiger partial charge in [0.1, 0.15) is 11.4 Å². The zero-order valence-corrected chi connectivity index (χ0v) is 8.62. The molecule has 1 N–H and O–H groups in total. The zero-order chi connectivity index (χ0) is 11.4. The van der Waals surface area contributed by atoms with Gasteiger partial charge in [0.2, 0.25) is 0 Å². The van der Waals surface area contributed by atoms with E-state index in [0.29, 0.717) is 11.4 Å². The lowest BCUT2D eigenvalue weighted by molar-refractivity contribution is 1.01. The average Bonchev–Trinajstić information content (AvgIpc) is 2.69. The van der Waals surface area contributed by atoms with Gasteiger partial charge in [-0.3, -0.25) is 15.1 Å². The molecule has 7 nitrogen and oxygen atoms in total. The van der Waals surface area contributed by atoms with E-state index in [1.165, 1.54) is 0 Å². The average molecular weight is 215 g/mol. The summed E-state index contributed by atoms with van der Waals surface area (Å²) in [4.78, 5) is 10.9. The molecular weight excluding hydrogens is 206 g/mol. The van der Waals surface area contributed by atoms with Gasteiger partial charge in [-0.1, -0.05) is 5.11 Å². The van der Waals surface area contributed by atoms with Crippen molar-refractivity contribution < 1.29 is 0 Å². The standard InChI is InChI=1S/C9H9N7/c1-6-7(4-13-16-10)9(15-14-6)8-5-11-2-3-12-8/h2-3,5H,4H2,1H3,(H,14,15). The Morgan fingerprint density at radius 2 is 2.38 bits per heavy atom. The molecule has 2 heterocycles. The Labute approximate surface area is 91.2 Å². The molecule has 0 aliphatic rings. The largest absolute Gasteiger partial charge is 0.282 e. The van der Waals surface area contributed by atoms with Crippen molar-refractivity contribution >= 4 is 0 Å². The molecule has 0 saturated carbocycles. The summed E-state index contributed by atoms with van der Waals surface area (Å²) in [6.45, 7) is 2.12. The lowest BCUT2D eigenvalue weighted by Gasteiger charge is -1.98. The van der Waals surface area contributed by atoms with Crippen molar-refractivity contribution in [3.8, 4) is 11.4 Å². The van der Waals surface area contributed by atoms with Gasteiger partial charge in [0.05, 0.1) is 12.7 Å². The molecular formula is C9H9N7. The molecule has 0 unspecified atom stereocenters. The predicted octanol–water partition coefficient (Wildman–Crippen LogP) is 1.99. The van der Waals surface area contributed by atoms with E-state index in [1.807, 2.05) is 6.92 Å². The molecule has 16 heavy (non-hydrogen) atoms. The van der Waals surface area contributed by atoms with E-state index in [9.17, 15) is 0 Å². The molecule has 2 rings (SSSR count). The van der Waals surface area contributed by atoms with Crippen molar-refractivity contribution in [2.75, 3.05) is 0 Å². The van der Waals surface area contributed by atoms with Gasteiger partial charge >= 0.3 is 0 Å². The third kappa shape index (κ3) is 1.84. The third-order valence-corrected chi connectivity index (χ3v) is 2.17. The summed E-state index contributed by atoms with van der Waals surface area (Å²) >= 11 is 0. The smallest absolute Gasteiger partial charge is 0.116 e. The van der Waals surface area contributed by atoms with Gasteiger partial charge in [0, 0.05) is 28.6 Å². The number of aromatic nitrogens is 4. The van der Waals surface area contributed by atoms with Gasteiger partial charge in [0.25, 0.3) is 0 Å². The van der Waals surface area contributed by atoms with E-state index < -0.39 is 0 Å². The summed E-state index contributed by atoms with van der Waals surface area (Å²) in [5.41, 5.74) is 11.4. The Kier molecular flexibility index (Phi) is 2.79. The first-order valence-electron chi connectivity index (χ1n) is 4.64. The Hall–Kier alpha value is -2.40. The van der Waals surface area contributed by atoms with Crippen molar-refractivity contribution in [2.45, 2.75) is 13.5 Å². The Morgan fingerprint density at radius 3 is 3.06 bits per heavy atom. The van der Waals surface area contributed by atoms with Gasteiger partial charge in [0.15, 0.2) is 0 Å². The number of rotatable bonds is 3. The van der Waals surface area contributed by atoms with E-state index >= 15 is 0 Å². The fourth-order valence-corrected chi connectivity index (χ4v) is 1.38. The van der Waals surface area contributed by atoms with Crippen LogP contribution in [0.5, 0.6) is 0 Å². The second-order valence-electron chi connectivity index (χ2n) is 3.16. The fourth-order valence-electron chi connectivity index (χ4n) is 1.38. The highest BCUT2D eigenvalue weighted by Crippen LogP contribution is 2.21. The first kappa shape index (κ1) is 10.1. The van der Waals surface area contributed by atoms with Crippen LogP contribution in [0, 0.1) is 6.92 Å². The number of azide groups is 1. The quantitative estimate of drug-likeness (QED) is 0.480. The number of H-pyrrole nitrogens is 1. The monoisotopic (exact) mass is 215 g/mol. The van der Waals surface area contributed by atoms with Crippen molar-refractivity contribution in [2.24, 2.45) is 5.11 Å². The van der Waals surface area contributed by atoms with Gasteiger partial charge in [-0.15, -0.1) is 0 Å². The van der Waals surface area contributed by atoms with Crippen molar-refractivity contribution in [3.05, 3.63) is 40.3 Å². The van der Waals surface area contributed by atoms with E-state index in [0.717, 1.165) is 11.3 Å². The summed E-state index contributed by atoms with van der Waals surface area (Å²) in [5, 5.41) is 10.5. The van der Waals surface area contributed by atoms with Gasteiger partial charge in [-0.2, -0.15) is 5.10 Å². The highest BCUT2D eigenvalue weighted by Gasteiger charge is 2.12. The van der Waals surface area contributed by atoms with E-state index in [2.05, 4.69) is 30.2 Å². The van der Waals surface area contributed by atoms with Crippen molar-refractivity contribution in [1.82, 2.24) is 20.2 Å². The van der Waals surface area contributed by atoms with Crippen LogP contribution in [0.3, 0.4) is 0 Å². The van der Waals surface area contributed by atoms with E-state index in [4.69, 9.17) is 5.53 Å². The second-order valence-corrected chi connectivity index (χ2v) is 3.16. The molecule has 0 radical (unpaired) electrons. The van der Waals surface area contributed by atoms with Crippen LogP contribution in [0.2, 0.25) is 0 Å². The van der Waals surface area contributed by atoms with Crippen LogP contribution in [0.4, 0.5) is 0 Å². The van der Waals surface area contributed by atoms with Crippen LogP contribution >= 0.6 is 0 Å². The van der Waals surface area contributed by atoms with E-state index in [-0.39, 0.29) is 6.54 Å². The number of hydrogen-bond donors (Lipinski definition) is 1. The van der Waals surface area contributed by atoms with Crippen LogP contribution in [-0.2, 0) is 6.54 Å². The Morgan fingerprint density at radius 1 is 1.50 bits per heavy atom. The molecule has 7 heteroatoms. The Balaban J connectivity index is 2.45. The summed E-state index contributed by atoms with van der Waals surface area (Å²) < 4.78 is 0. The molecule has 0 fully saturated rings. The van der Waals surface area contributed by atoms with Gasteiger partial charge in [-0.05, 0) is 12.5 Å². The molecule has 2 aromatic heterocycles. The molecule has 80 valence electrons. The summed E-state index contributed by atoms with van der Waals surface area (Å²) in [6, 6.07) is 0. The maximum absolute atomic E-state index is 8.32. The molecule has 0 amide bonds. The fraction of sp³-hybridized carbons (Fsp3) is 0.222.